The molecule has 0 saturated heterocycles. The highest BCUT2D eigenvalue weighted by atomic mass is 16.3. The SMILES string of the molecule is CCC1(O)CC1.CCC1CC1. The molecule has 0 amide bonds. The van der Waals surface area contributed by atoms with E-state index in [1.54, 1.807) is 0 Å². The molecule has 0 aromatic carbocycles. The second-order valence-electron chi connectivity index (χ2n) is 3.93. The van der Waals surface area contributed by atoms with E-state index in [1.807, 2.05) is 6.92 Å². The van der Waals surface area contributed by atoms with Gasteiger partial charge < -0.3 is 5.11 Å². The molecule has 0 aliphatic heterocycles. The first kappa shape index (κ1) is 9.05. The lowest BCUT2D eigenvalue weighted by atomic mass is 10.3. The largest absolute Gasteiger partial charge is 0.390 e. The van der Waals surface area contributed by atoms with Gasteiger partial charge in [0.1, 0.15) is 0 Å². The molecule has 2 aliphatic rings. The molecular formula is C10H20O. The molecule has 2 saturated carbocycles. The van der Waals surface area contributed by atoms with Gasteiger partial charge in [-0.1, -0.05) is 33.1 Å². The van der Waals surface area contributed by atoms with E-state index in [1.165, 1.54) is 19.3 Å². The predicted molar refractivity (Wildman–Crippen MR) is 47.5 cm³/mol. The first-order chi connectivity index (χ1) is 5.20. The van der Waals surface area contributed by atoms with Gasteiger partial charge in [-0.25, -0.2) is 0 Å². The fourth-order valence-corrected chi connectivity index (χ4v) is 1.02. The summed E-state index contributed by atoms with van der Waals surface area (Å²) in [6.45, 7) is 4.28. The molecule has 0 spiro atoms. The van der Waals surface area contributed by atoms with Crippen molar-refractivity contribution in [2.24, 2.45) is 5.92 Å². The third-order valence-corrected chi connectivity index (χ3v) is 2.76. The molecule has 11 heavy (non-hydrogen) atoms. The van der Waals surface area contributed by atoms with Gasteiger partial charge in [-0.05, 0) is 25.2 Å². The van der Waals surface area contributed by atoms with Crippen LogP contribution in [-0.2, 0) is 0 Å². The minimum absolute atomic E-state index is 0.208. The van der Waals surface area contributed by atoms with Crippen molar-refractivity contribution in [1.29, 1.82) is 0 Å². The average molecular weight is 156 g/mol. The molecule has 1 nitrogen and oxygen atoms in total. The zero-order valence-electron chi connectivity index (χ0n) is 7.77. The van der Waals surface area contributed by atoms with Crippen molar-refractivity contribution in [3.05, 3.63) is 0 Å². The summed E-state index contributed by atoms with van der Waals surface area (Å²) >= 11 is 0. The van der Waals surface area contributed by atoms with E-state index in [-0.39, 0.29) is 5.60 Å². The standard InChI is InChI=1S/C5H10O.C5H10/c1-2-5(6)3-4-5;1-2-5-3-4-5/h6H,2-4H2,1H3;5H,2-4H2,1H3. The van der Waals surface area contributed by atoms with E-state index in [2.05, 4.69) is 6.92 Å². The number of hydrogen-bond acceptors (Lipinski definition) is 1. The lowest BCUT2D eigenvalue weighted by molar-refractivity contribution is 0.146. The van der Waals surface area contributed by atoms with Gasteiger partial charge in [0.15, 0.2) is 0 Å². The van der Waals surface area contributed by atoms with E-state index >= 15 is 0 Å². The van der Waals surface area contributed by atoms with Gasteiger partial charge in [-0.15, -0.1) is 0 Å². The lowest BCUT2D eigenvalue weighted by Crippen LogP contribution is -2.01. The van der Waals surface area contributed by atoms with Crippen LogP contribution in [0.1, 0.15) is 52.4 Å². The Labute approximate surface area is 69.8 Å². The molecule has 1 heteroatoms. The van der Waals surface area contributed by atoms with Crippen LogP contribution in [0, 0.1) is 5.92 Å². The first-order valence-electron chi connectivity index (χ1n) is 4.92. The highest BCUT2D eigenvalue weighted by molar-refractivity contribution is 4.91. The molecule has 66 valence electrons. The topological polar surface area (TPSA) is 20.2 Å². The summed E-state index contributed by atoms with van der Waals surface area (Å²) < 4.78 is 0. The van der Waals surface area contributed by atoms with Gasteiger partial charge in [0.2, 0.25) is 0 Å². The van der Waals surface area contributed by atoms with Crippen LogP contribution in [-0.4, -0.2) is 10.7 Å². The van der Waals surface area contributed by atoms with Gasteiger partial charge >= 0.3 is 0 Å². The monoisotopic (exact) mass is 156 g/mol. The fraction of sp³-hybridized carbons (Fsp3) is 1.00. The summed E-state index contributed by atoms with van der Waals surface area (Å²) in [5, 5.41) is 8.94. The number of aliphatic hydroxyl groups is 1. The van der Waals surface area contributed by atoms with E-state index in [0.717, 1.165) is 25.2 Å². The van der Waals surface area contributed by atoms with Gasteiger partial charge in [0.05, 0.1) is 5.60 Å². The zero-order valence-corrected chi connectivity index (χ0v) is 7.77. The van der Waals surface area contributed by atoms with Crippen molar-refractivity contribution in [1.82, 2.24) is 0 Å². The Morgan fingerprint density at radius 2 is 1.82 bits per heavy atom. The summed E-state index contributed by atoms with van der Waals surface area (Å²) in [5.74, 6) is 1.13. The predicted octanol–water partition coefficient (Wildman–Crippen LogP) is 2.73. The second-order valence-corrected chi connectivity index (χ2v) is 3.93. The van der Waals surface area contributed by atoms with Crippen LogP contribution in [0.2, 0.25) is 0 Å². The van der Waals surface area contributed by atoms with Crippen LogP contribution in [0.5, 0.6) is 0 Å². The molecule has 0 atom stereocenters. The Morgan fingerprint density at radius 3 is 1.82 bits per heavy atom. The Balaban J connectivity index is 0.000000112. The fourth-order valence-electron chi connectivity index (χ4n) is 1.02. The van der Waals surface area contributed by atoms with Crippen LogP contribution in [0.15, 0.2) is 0 Å². The first-order valence-corrected chi connectivity index (χ1v) is 4.92. The third-order valence-electron chi connectivity index (χ3n) is 2.76. The highest BCUT2D eigenvalue weighted by Gasteiger charge is 2.37. The zero-order chi connectivity index (χ0) is 8.32. The molecule has 0 radical (unpaired) electrons. The molecular weight excluding hydrogens is 136 g/mol. The summed E-state index contributed by atoms with van der Waals surface area (Å²) in [7, 11) is 0. The summed E-state index contributed by atoms with van der Waals surface area (Å²) in [6.07, 6.45) is 7.44. The Hall–Kier alpha value is -0.0400. The molecule has 2 rings (SSSR count). The van der Waals surface area contributed by atoms with E-state index in [9.17, 15) is 0 Å². The smallest absolute Gasteiger partial charge is 0.0647 e. The maximum atomic E-state index is 8.94. The van der Waals surface area contributed by atoms with Crippen LogP contribution < -0.4 is 0 Å². The third kappa shape index (κ3) is 3.76. The minimum Gasteiger partial charge on any atom is -0.390 e. The van der Waals surface area contributed by atoms with Crippen molar-refractivity contribution in [3.8, 4) is 0 Å². The van der Waals surface area contributed by atoms with Gasteiger partial charge in [-0.3, -0.25) is 0 Å². The maximum Gasteiger partial charge on any atom is 0.0647 e. The van der Waals surface area contributed by atoms with E-state index < -0.39 is 0 Å². The van der Waals surface area contributed by atoms with Crippen LogP contribution >= 0.6 is 0 Å². The van der Waals surface area contributed by atoms with Crippen molar-refractivity contribution < 1.29 is 5.11 Å². The quantitative estimate of drug-likeness (QED) is 0.651. The van der Waals surface area contributed by atoms with Gasteiger partial charge in [0.25, 0.3) is 0 Å². The van der Waals surface area contributed by atoms with Crippen molar-refractivity contribution in [2.45, 2.75) is 58.0 Å². The summed E-state index contributed by atoms with van der Waals surface area (Å²) in [4.78, 5) is 0. The summed E-state index contributed by atoms with van der Waals surface area (Å²) in [6, 6.07) is 0. The molecule has 0 heterocycles. The number of hydrogen-bond donors (Lipinski definition) is 1. The lowest BCUT2D eigenvalue weighted by Gasteiger charge is -1.96. The normalized spacial score (nSPS) is 25.4. The van der Waals surface area contributed by atoms with Crippen LogP contribution in [0.25, 0.3) is 0 Å². The Kier molecular flexibility index (Phi) is 2.94. The molecule has 0 aromatic heterocycles. The minimum atomic E-state index is -0.208. The van der Waals surface area contributed by atoms with Crippen LogP contribution in [0.3, 0.4) is 0 Å². The Bertz CT molecular complexity index is 112. The molecule has 2 aliphatic carbocycles. The van der Waals surface area contributed by atoms with E-state index in [4.69, 9.17) is 5.11 Å². The van der Waals surface area contributed by atoms with Gasteiger partial charge in [0, 0.05) is 0 Å². The maximum absolute atomic E-state index is 8.94. The van der Waals surface area contributed by atoms with Crippen molar-refractivity contribution in [3.63, 3.8) is 0 Å². The second kappa shape index (κ2) is 3.57. The van der Waals surface area contributed by atoms with Crippen molar-refractivity contribution in [2.75, 3.05) is 0 Å². The van der Waals surface area contributed by atoms with Crippen LogP contribution in [0.4, 0.5) is 0 Å². The average Bonchev–Trinajstić information content (AvgIpc) is 2.83. The molecule has 0 bridgehead atoms. The van der Waals surface area contributed by atoms with Crippen molar-refractivity contribution >= 4 is 0 Å². The molecule has 1 N–H and O–H groups in total. The Morgan fingerprint density at radius 1 is 1.27 bits per heavy atom. The molecule has 2 fully saturated rings. The summed E-state index contributed by atoms with van der Waals surface area (Å²) in [5.41, 5.74) is -0.208. The number of rotatable bonds is 2. The van der Waals surface area contributed by atoms with E-state index in [0.29, 0.717) is 0 Å². The highest BCUT2D eigenvalue weighted by Crippen LogP contribution is 2.37. The van der Waals surface area contributed by atoms with Gasteiger partial charge in [-0.2, -0.15) is 0 Å². The molecule has 0 unspecified atom stereocenters. The molecule has 0 aromatic rings.